The highest BCUT2D eigenvalue weighted by molar-refractivity contribution is 7.89. The molecule has 0 bridgehead atoms. The fraction of sp³-hybridized carbons (Fsp3) is 0.200. The topological polar surface area (TPSA) is 122 Å². The maximum Gasteiger partial charge on any atom is 0.325 e. The second-order valence-electron chi connectivity index (χ2n) is 2.36. The lowest BCUT2D eigenvalue weighted by atomic mass is 10.6. The zero-order chi connectivity index (χ0) is 10.8. The van der Waals surface area contributed by atoms with Gasteiger partial charge in [0.25, 0.3) is 10.0 Å². The molecule has 0 aromatic carbocycles. The van der Waals surface area contributed by atoms with E-state index >= 15 is 0 Å². The molecule has 8 nitrogen and oxygen atoms in total. The number of aliphatic carboxylic acids is 1. The van der Waals surface area contributed by atoms with Crippen molar-refractivity contribution in [3.8, 4) is 0 Å². The van der Waals surface area contributed by atoms with Crippen molar-refractivity contribution in [2.45, 2.75) is 11.4 Å². The van der Waals surface area contributed by atoms with Gasteiger partial charge in [0.05, 0.1) is 6.20 Å². The van der Waals surface area contributed by atoms with Crippen molar-refractivity contribution in [1.29, 1.82) is 0 Å². The molecule has 14 heavy (non-hydrogen) atoms. The number of carboxylic acids is 1. The summed E-state index contributed by atoms with van der Waals surface area (Å²) < 4.78 is 22.8. The molecule has 0 spiro atoms. The van der Waals surface area contributed by atoms with E-state index in [-0.39, 0.29) is 4.90 Å². The first-order valence-electron chi connectivity index (χ1n) is 3.36. The van der Waals surface area contributed by atoms with Crippen LogP contribution in [-0.4, -0.2) is 34.5 Å². The first-order chi connectivity index (χ1) is 6.45. The second kappa shape index (κ2) is 3.74. The molecule has 78 valence electrons. The average Bonchev–Trinajstić information content (AvgIpc) is 2.52. The van der Waals surface area contributed by atoms with Crippen LogP contribution >= 0.6 is 0 Å². The summed E-state index contributed by atoms with van der Waals surface area (Å²) in [6.07, 6.45) is 1.92. The van der Waals surface area contributed by atoms with Crippen LogP contribution in [0.15, 0.2) is 17.3 Å². The normalized spacial score (nSPS) is 11.5. The van der Waals surface area contributed by atoms with Crippen LogP contribution in [0.1, 0.15) is 0 Å². The van der Waals surface area contributed by atoms with Crippen LogP contribution in [0.4, 0.5) is 0 Å². The lowest BCUT2D eigenvalue weighted by Crippen LogP contribution is -2.18. The van der Waals surface area contributed by atoms with Gasteiger partial charge >= 0.3 is 5.97 Å². The third kappa shape index (κ3) is 2.28. The number of aromatic nitrogens is 2. The quantitative estimate of drug-likeness (QED) is 0.539. The average molecular weight is 221 g/mol. The Morgan fingerprint density at radius 1 is 1.64 bits per heavy atom. The molecule has 0 radical (unpaired) electrons. The Hall–Kier alpha value is -1.45. The Labute approximate surface area is 78.8 Å². The predicted molar refractivity (Wildman–Crippen MR) is 42.0 cm³/mol. The molecule has 1 heterocycles. The van der Waals surface area contributed by atoms with Crippen molar-refractivity contribution in [2.24, 2.45) is 0 Å². The zero-order valence-electron chi connectivity index (χ0n) is 6.78. The van der Waals surface area contributed by atoms with Crippen molar-refractivity contribution in [3.63, 3.8) is 0 Å². The van der Waals surface area contributed by atoms with E-state index in [1.165, 1.54) is 0 Å². The van der Waals surface area contributed by atoms with Crippen LogP contribution in [0.2, 0.25) is 0 Å². The lowest BCUT2D eigenvalue weighted by Gasteiger charge is -1.95. The molecule has 0 aliphatic heterocycles. The minimum atomic E-state index is -3.98. The van der Waals surface area contributed by atoms with Crippen molar-refractivity contribution >= 4 is 16.0 Å². The molecule has 0 unspecified atom stereocenters. The lowest BCUT2D eigenvalue weighted by molar-refractivity contribution is -0.137. The van der Waals surface area contributed by atoms with Crippen molar-refractivity contribution < 1.29 is 23.5 Å². The summed E-state index contributed by atoms with van der Waals surface area (Å²) in [5, 5.41) is 20.1. The van der Waals surface area contributed by atoms with Gasteiger partial charge < -0.3 is 10.3 Å². The number of rotatable bonds is 4. The van der Waals surface area contributed by atoms with E-state index in [0.717, 1.165) is 22.0 Å². The van der Waals surface area contributed by atoms with Crippen molar-refractivity contribution in [3.05, 3.63) is 12.4 Å². The standard InChI is InChI=1S/C5H7N3O5S/c9-5(10)3-8-2-4(1-6-8)14(12,13)7-11/h1-2,7,11H,3H2,(H,9,10). The van der Waals surface area contributed by atoms with Gasteiger partial charge in [-0.05, 0) is 0 Å². The summed E-state index contributed by atoms with van der Waals surface area (Å²) in [5.74, 6) is -1.14. The molecule has 1 aromatic heterocycles. The van der Waals surface area contributed by atoms with Crippen LogP contribution in [-0.2, 0) is 21.4 Å². The van der Waals surface area contributed by atoms with E-state index < -0.39 is 22.5 Å². The first-order valence-corrected chi connectivity index (χ1v) is 4.84. The summed E-state index contributed by atoms with van der Waals surface area (Å²) in [6, 6.07) is 0. The number of sulfonamides is 1. The molecule has 0 amide bonds. The Balaban J connectivity index is 2.94. The molecule has 9 heteroatoms. The molecule has 0 aliphatic rings. The molecule has 0 fully saturated rings. The van der Waals surface area contributed by atoms with E-state index in [2.05, 4.69) is 5.10 Å². The Bertz CT molecular complexity index is 436. The maximum absolute atomic E-state index is 10.9. The van der Waals surface area contributed by atoms with Gasteiger partial charge in [-0.1, -0.05) is 4.89 Å². The van der Waals surface area contributed by atoms with Gasteiger partial charge in [0.2, 0.25) is 0 Å². The van der Waals surface area contributed by atoms with E-state index in [4.69, 9.17) is 10.3 Å². The molecule has 1 rings (SSSR count). The monoisotopic (exact) mass is 221 g/mol. The van der Waals surface area contributed by atoms with E-state index in [9.17, 15) is 13.2 Å². The first kappa shape index (κ1) is 10.6. The number of carbonyl (C=O) groups is 1. The SMILES string of the molecule is O=C(O)Cn1cc(S(=O)(=O)NO)cn1. The summed E-state index contributed by atoms with van der Waals surface area (Å²) in [6.45, 7) is -0.444. The molecular weight excluding hydrogens is 214 g/mol. The maximum atomic E-state index is 10.9. The minimum absolute atomic E-state index is 0.304. The summed E-state index contributed by atoms with van der Waals surface area (Å²) in [5.41, 5.74) is 0. The van der Waals surface area contributed by atoms with Crippen LogP contribution in [0.25, 0.3) is 0 Å². The summed E-state index contributed by atoms with van der Waals surface area (Å²) in [7, 11) is -3.98. The van der Waals surface area contributed by atoms with Crippen molar-refractivity contribution in [2.75, 3.05) is 0 Å². The van der Waals surface area contributed by atoms with Gasteiger partial charge in [-0.15, -0.1) is 0 Å². The van der Waals surface area contributed by atoms with Crippen LogP contribution < -0.4 is 4.89 Å². The molecule has 0 saturated heterocycles. The number of nitrogens with one attached hydrogen (secondary N) is 1. The largest absolute Gasteiger partial charge is 0.480 e. The summed E-state index contributed by atoms with van der Waals surface area (Å²) in [4.78, 5) is 11.0. The van der Waals surface area contributed by atoms with E-state index in [0.29, 0.717) is 0 Å². The van der Waals surface area contributed by atoms with Crippen LogP contribution in [0.5, 0.6) is 0 Å². The highest BCUT2D eigenvalue weighted by Gasteiger charge is 2.15. The van der Waals surface area contributed by atoms with E-state index in [1.807, 2.05) is 0 Å². The Morgan fingerprint density at radius 3 is 2.79 bits per heavy atom. The highest BCUT2D eigenvalue weighted by Crippen LogP contribution is 2.05. The molecular formula is C5H7N3O5S. The second-order valence-corrected chi connectivity index (χ2v) is 4.02. The number of nitrogens with zero attached hydrogens (tertiary/aromatic N) is 2. The molecule has 0 saturated carbocycles. The molecule has 3 N–H and O–H groups in total. The third-order valence-corrected chi connectivity index (χ3v) is 2.41. The third-order valence-electron chi connectivity index (χ3n) is 1.34. The van der Waals surface area contributed by atoms with E-state index in [1.54, 1.807) is 0 Å². The molecule has 1 aromatic rings. The molecule has 0 atom stereocenters. The van der Waals surface area contributed by atoms with Gasteiger partial charge in [-0.3, -0.25) is 9.48 Å². The van der Waals surface area contributed by atoms with Gasteiger partial charge in [0.15, 0.2) is 0 Å². The predicted octanol–water partition coefficient (Wildman–Crippen LogP) is -1.36. The van der Waals surface area contributed by atoms with Crippen molar-refractivity contribution in [1.82, 2.24) is 14.7 Å². The highest BCUT2D eigenvalue weighted by atomic mass is 32.2. The van der Waals surface area contributed by atoms with Gasteiger partial charge in [-0.25, -0.2) is 8.42 Å². The number of hydrogen-bond acceptors (Lipinski definition) is 5. The zero-order valence-corrected chi connectivity index (χ0v) is 7.60. The van der Waals surface area contributed by atoms with Crippen LogP contribution in [0.3, 0.4) is 0 Å². The summed E-state index contributed by atoms with van der Waals surface area (Å²) >= 11 is 0. The number of hydrogen-bond donors (Lipinski definition) is 3. The Kier molecular flexibility index (Phi) is 2.84. The Morgan fingerprint density at radius 2 is 2.29 bits per heavy atom. The molecule has 0 aliphatic carbocycles. The van der Waals surface area contributed by atoms with Gasteiger partial charge in [0.1, 0.15) is 11.4 Å². The minimum Gasteiger partial charge on any atom is -0.480 e. The van der Waals surface area contributed by atoms with Gasteiger partial charge in [-0.2, -0.15) is 5.10 Å². The fourth-order valence-electron chi connectivity index (χ4n) is 0.761. The van der Waals surface area contributed by atoms with Crippen LogP contribution in [0, 0.1) is 0 Å². The smallest absolute Gasteiger partial charge is 0.325 e. The number of carboxylic acid groups (broad SMARTS) is 1. The fourth-order valence-corrected chi connectivity index (χ4v) is 1.31. The van der Waals surface area contributed by atoms with Gasteiger partial charge in [0, 0.05) is 6.20 Å².